The molecule has 2 heterocycles. The highest BCUT2D eigenvalue weighted by atomic mass is 16.1. The van der Waals surface area contributed by atoms with Crippen molar-refractivity contribution in [1.29, 1.82) is 0 Å². The van der Waals surface area contributed by atoms with E-state index in [2.05, 4.69) is 36.8 Å². The summed E-state index contributed by atoms with van der Waals surface area (Å²) >= 11 is 0. The molecule has 0 spiro atoms. The highest BCUT2D eigenvalue weighted by Crippen LogP contribution is 2.20. The van der Waals surface area contributed by atoms with Crippen LogP contribution in [0.1, 0.15) is 23.6 Å². The fourth-order valence-corrected chi connectivity index (χ4v) is 2.97. The second-order valence-electron chi connectivity index (χ2n) is 5.86. The van der Waals surface area contributed by atoms with E-state index in [9.17, 15) is 4.79 Å². The second-order valence-corrected chi connectivity index (χ2v) is 5.86. The second kappa shape index (κ2) is 4.44. The van der Waals surface area contributed by atoms with E-state index in [0.29, 0.717) is 11.2 Å². The first kappa shape index (κ1) is 13.1. The SMILES string of the molecule is CCc1ccc2nc3[nH]c4cc(C)c(C)cc4n3c(=O)c2c1. The number of nitrogens with one attached hydrogen (secondary N) is 1. The lowest BCUT2D eigenvalue weighted by Crippen LogP contribution is -2.14. The Hall–Kier alpha value is -2.62. The predicted molar refractivity (Wildman–Crippen MR) is 89.7 cm³/mol. The molecule has 0 saturated heterocycles. The average molecular weight is 291 g/mol. The van der Waals surface area contributed by atoms with Gasteiger partial charge in [0.05, 0.1) is 21.9 Å². The summed E-state index contributed by atoms with van der Waals surface area (Å²) in [7, 11) is 0. The van der Waals surface area contributed by atoms with Crippen LogP contribution in [0, 0.1) is 13.8 Å². The van der Waals surface area contributed by atoms with Crippen LogP contribution in [0.5, 0.6) is 0 Å². The quantitative estimate of drug-likeness (QED) is 0.583. The Labute approximate surface area is 127 Å². The van der Waals surface area contributed by atoms with Gasteiger partial charge in [0.2, 0.25) is 5.78 Å². The molecule has 0 unspecified atom stereocenters. The van der Waals surface area contributed by atoms with Gasteiger partial charge in [-0.25, -0.2) is 9.38 Å². The normalized spacial score (nSPS) is 11.8. The van der Waals surface area contributed by atoms with Crippen LogP contribution in [0.3, 0.4) is 0 Å². The molecule has 0 aliphatic heterocycles. The standard InChI is InChI=1S/C18H17N3O/c1-4-12-5-6-14-13(9-12)17(22)21-16-8-11(3)10(2)7-15(16)20-18(21)19-14/h5-9H,4H2,1-3H3,(H,19,20). The number of hydrogen-bond donors (Lipinski definition) is 1. The highest BCUT2D eigenvalue weighted by molar-refractivity contribution is 5.86. The van der Waals surface area contributed by atoms with Gasteiger partial charge in [0.25, 0.3) is 5.56 Å². The maximum atomic E-state index is 12.9. The van der Waals surface area contributed by atoms with Crippen LogP contribution in [0.15, 0.2) is 35.1 Å². The van der Waals surface area contributed by atoms with Crippen LogP contribution in [0.25, 0.3) is 27.7 Å². The van der Waals surface area contributed by atoms with Crippen LogP contribution in [-0.4, -0.2) is 14.4 Å². The summed E-state index contributed by atoms with van der Waals surface area (Å²) in [5, 5.41) is 0.677. The summed E-state index contributed by atoms with van der Waals surface area (Å²) in [5.74, 6) is 0.599. The third-order valence-corrected chi connectivity index (χ3v) is 4.44. The molecule has 0 amide bonds. The molecule has 4 heteroatoms. The molecule has 0 atom stereocenters. The summed E-state index contributed by atoms with van der Waals surface area (Å²) in [4.78, 5) is 20.8. The molecule has 22 heavy (non-hydrogen) atoms. The van der Waals surface area contributed by atoms with Gasteiger partial charge in [-0.15, -0.1) is 0 Å². The first-order valence-electron chi connectivity index (χ1n) is 7.53. The molecule has 0 radical (unpaired) electrons. The number of benzene rings is 2. The number of nitrogens with zero attached hydrogens (tertiary/aromatic N) is 2. The van der Waals surface area contributed by atoms with E-state index in [4.69, 9.17) is 0 Å². The minimum atomic E-state index is -0.00944. The van der Waals surface area contributed by atoms with E-state index in [1.54, 1.807) is 4.40 Å². The van der Waals surface area contributed by atoms with Crippen molar-refractivity contribution in [1.82, 2.24) is 14.4 Å². The predicted octanol–water partition coefficient (Wildman–Crippen LogP) is 3.51. The molecule has 4 nitrogen and oxygen atoms in total. The van der Waals surface area contributed by atoms with Gasteiger partial charge in [-0.05, 0) is 61.2 Å². The third kappa shape index (κ3) is 1.70. The lowest BCUT2D eigenvalue weighted by Gasteiger charge is -2.03. The molecular formula is C18H17N3O. The van der Waals surface area contributed by atoms with Crippen molar-refractivity contribution >= 4 is 27.7 Å². The number of aryl methyl sites for hydroxylation is 3. The Morgan fingerprint density at radius 1 is 1.14 bits per heavy atom. The lowest BCUT2D eigenvalue weighted by molar-refractivity contribution is 1.11. The van der Waals surface area contributed by atoms with Crippen molar-refractivity contribution < 1.29 is 0 Å². The number of rotatable bonds is 1. The molecular weight excluding hydrogens is 274 g/mol. The zero-order chi connectivity index (χ0) is 15.4. The van der Waals surface area contributed by atoms with Gasteiger partial charge in [0, 0.05) is 0 Å². The fraction of sp³-hybridized carbons (Fsp3) is 0.222. The van der Waals surface area contributed by atoms with Crippen molar-refractivity contribution in [3.63, 3.8) is 0 Å². The Kier molecular flexibility index (Phi) is 2.64. The average Bonchev–Trinajstić information content (AvgIpc) is 2.85. The van der Waals surface area contributed by atoms with Gasteiger partial charge in [-0.1, -0.05) is 13.0 Å². The first-order valence-corrected chi connectivity index (χ1v) is 7.53. The molecule has 0 aliphatic carbocycles. The number of aromatic nitrogens is 3. The van der Waals surface area contributed by atoms with E-state index < -0.39 is 0 Å². The van der Waals surface area contributed by atoms with E-state index in [-0.39, 0.29) is 5.56 Å². The van der Waals surface area contributed by atoms with Gasteiger partial charge >= 0.3 is 0 Å². The topological polar surface area (TPSA) is 50.2 Å². The van der Waals surface area contributed by atoms with Gasteiger partial charge < -0.3 is 4.98 Å². The van der Waals surface area contributed by atoms with Gasteiger partial charge in [-0.3, -0.25) is 4.79 Å². The zero-order valence-electron chi connectivity index (χ0n) is 12.9. The van der Waals surface area contributed by atoms with Crippen molar-refractivity contribution in [2.45, 2.75) is 27.2 Å². The molecule has 0 bridgehead atoms. The smallest absolute Gasteiger partial charge is 0.267 e. The van der Waals surface area contributed by atoms with Crippen LogP contribution in [-0.2, 0) is 6.42 Å². The Morgan fingerprint density at radius 3 is 2.68 bits per heavy atom. The summed E-state index contributed by atoms with van der Waals surface area (Å²) in [6.45, 7) is 6.21. The molecule has 0 aliphatic rings. The van der Waals surface area contributed by atoms with Crippen molar-refractivity contribution in [3.8, 4) is 0 Å². The number of fused-ring (bicyclic) bond motifs is 4. The summed E-state index contributed by atoms with van der Waals surface area (Å²) < 4.78 is 1.68. The first-order chi connectivity index (χ1) is 10.6. The lowest BCUT2D eigenvalue weighted by atomic mass is 10.1. The molecule has 4 aromatic rings. The molecule has 0 fully saturated rings. The number of hydrogen-bond acceptors (Lipinski definition) is 2. The number of aromatic amines is 1. The molecule has 2 aromatic heterocycles. The minimum Gasteiger partial charge on any atom is -0.323 e. The maximum Gasteiger partial charge on any atom is 0.267 e. The van der Waals surface area contributed by atoms with Crippen LogP contribution in [0.2, 0.25) is 0 Å². The monoisotopic (exact) mass is 291 g/mol. The van der Waals surface area contributed by atoms with Gasteiger partial charge in [0.1, 0.15) is 0 Å². The maximum absolute atomic E-state index is 12.9. The molecule has 4 rings (SSSR count). The fourth-order valence-electron chi connectivity index (χ4n) is 2.97. The minimum absolute atomic E-state index is 0.00944. The van der Waals surface area contributed by atoms with E-state index >= 15 is 0 Å². The summed E-state index contributed by atoms with van der Waals surface area (Å²) in [5.41, 5.74) is 6.08. The zero-order valence-corrected chi connectivity index (χ0v) is 12.9. The van der Waals surface area contributed by atoms with Crippen LogP contribution in [0.4, 0.5) is 0 Å². The Balaban J connectivity index is 2.23. The third-order valence-electron chi connectivity index (χ3n) is 4.44. The summed E-state index contributed by atoms with van der Waals surface area (Å²) in [6, 6.07) is 10.0. The molecule has 110 valence electrons. The van der Waals surface area contributed by atoms with Crippen molar-refractivity contribution in [2.24, 2.45) is 0 Å². The Morgan fingerprint density at radius 2 is 1.91 bits per heavy atom. The molecule has 2 aromatic carbocycles. The van der Waals surface area contributed by atoms with Gasteiger partial charge in [-0.2, -0.15) is 0 Å². The number of H-pyrrole nitrogens is 1. The highest BCUT2D eigenvalue weighted by Gasteiger charge is 2.12. The van der Waals surface area contributed by atoms with Crippen LogP contribution >= 0.6 is 0 Å². The molecule has 0 saturated carbocycles. The van der Waals surface area contributed by atoms with E-state index in [1.807, 2.05) is 24.3 Å². The van der Waals surface area contributed by atoms with E-state index in [1.165, 1.54) is 11.1 Å². The number of imidazole rings is 1. The summed E-state index contributed by atoms with van der Waals surface area (Å²) in [6.07, 6.45) is 0.907. The van der Waals surface area contributed by atoms with Crippen molar-refractivity contribution in [3.05, 3.63) is 57.4 Å². The van der Waals surface area contributed by atoms with Crippen molar-refractivity contribution in [2.75, 3.05) is 0 Å². The van der Waals surface area contributed by atoms with Crippen LogP contribution < -0.4 is 5.56 Å². The largest absolute Gasteiger partial charge is 0.323 e. The Bertz CT molecular complexity index is 1100. The van der Waals surface area contributed by atoms with Gasteiger partial charge in [0.15, 0.2) is 0 Å². The van der Waals surface area contributed by atoms with E-state index in [0.717, 1.165) is 28.5 Å². The molecule has 1 N–H and O–H groups in total.